The second kappa shape index (κ2) is 10.8. The van der Waals surface area contributed by atoms with Crippen LogP contribution in [0.15, 0.2) is 16.6 Å². The number of rotatable bonds is 8. The second-order valence-corrected chi connectivity index (χ2v) is 6.38. The van der Waals surface area contributed by atoms with Gasteiger partial charge in [0.1, 0.15) is 0 Å². The molecule has 136 valence electrons. The number of ether oxygens (including phenoxy) is 2. The summed E-state index contributed by atoms with van der Waals surface area (Å²) >= 11 is 3.52. The highest BCUT2D eigenvalue weighted by Gasteiger charge is 2.16. The van der Waals surface area contributed by atoms with E-state index in [1.807, 2.05) is 26.0 Å². The minimum Gasteiger partial charge on any atom is -0.490 e. The minimum atomic E-state index is 0. The van der Waals surface area contributed by atoms with Crippen LogP contribution in [0.25, 0.3) is 0 Å². The number of hydrogen-bond donors (Lipinski definition) is 2. The molecule has 0 aromatic heterocycles. The molecule has 2 N–H and O–H groups in total. The zero-order valence-electron chi connectivity index (χ0n) is 14.2. The Morgan fingerprint density at radius 3 is 2.54 bits per heavy atom. The zero-order chi connectivity index (χ0) is 16.7. The number of carbonyl (C=O) groups is 1. The Kier molecular flexibility index (Phi) is 9.48. The van der Waals surface area contributed by atoms with Gasteiger partial charge in [-0.05, 0) is 50.9 Å². The minimum absolute atomic E-state index is 0. The number of carbonyl (C=O) groups excluding carboxylic acids is 1. The van der Waals surface area contributed by atoms with Crippen molar-refractivity contribution in [3.63, 3.8) is 0 Å². The Bertz CT molecular complexity index is 537. The number of nitrogens with one attached hydrogen (secondary N) is 2. The first kappa shape index (κ1) is 21.1. The Morgan fingerprint density at radius 2 is 1.96 bits per heavy atom. The molecule has 1 heterocycles. The molecule has 0 bridgehead atoms. The van der Waals surface area contributed by atoms with Crippen molar-refractivity contribution >= 4 is 34.2 Å². The van der Waals surface area contributed by atoms with Crippen LogP contribution in [-0.2, 0) is 11.2 Å². The van der Waals surface area contributed by atoms with Crippen molar-refractivity contribution < 1.29 is 14.3 Å². The molecule has 1 aliphatic heterocycles. The van der Waals surface area contributed by atoms with Crippen LogP contribution in [0.4, 0.5) is 0 Å². The maximum atomic E-state index is 12.2. The van der Waals surface area contributed by atoms with Gasteiger partial charge in [0.2, 0.25) is 5.91 Å². The van der Waals surface area contributed by atoms with Crippen LogP contribution in [0.2, 0.25) is 0 Å². The summed E-state index contributed by atoms with van der Waals surface area (Å²) in [5, 5.41) is 6.37. The van der Waals surface area contributed by atoms with Gasteiger partial charge in [0.25, 0.3) is 0 Å². The lowest BCUT2D eigenvalue weighted by atomic mass is 10.1. The molecule has 5 nitrogen and oxygen atoms in total. The summed E-state index contributed by atoms with van der Waals surface area (Å²) in [6.45, 7) is 6.72. The van der Waals surface area contributed by atoms with E-state index in [0.29, 0.717) is 43.7 Å². The van der Waals surface area contributed by atoms with Crippen molar-refractivity contribution in [1.29, 1.82) is 0 Å². The van der Waals surface area contributed by atoms with Gasteiger partial charge in [-0.1, -0.05) is 15.9 Å². The van der Waals surface area contributed by atoms with Crippen LogP contribution in [0.3, 0.4) is 0 Å². The van der Waals surface area contributed by atoms with E-state index >= 15 is 0 Å². The molecule has 1 fully saturated rings. The van der Waals surface area contributed by atoms with E-state index in [4.69, 9.17) is 9.47 Å². The van der Waals surface area contributed by atoms with Crippen LogP contribution in [0.5, 0.6) is 11.5 Å². The van der Waals surface area contributed by atoms with E-state index in [1.165, 1.54) is 6.42 Å². The molecular formula is C17H26BrClN2O3. The van der Waals surface area contributed by atoms with Gasteiger partial charge < -0.3 is 20.1 Å². The van der Waals surface area contributed by atoms with Crippen molar-refractivity contribution in [3.05, 3.63) is 22.2 Å². The van der Waals surface area contributed by atoms with Crippen molar-refractivity contribution in [1.82, 2.24) is 10.6 Å². The van der Waals surface area contributed by atoms with Gasteiger partial charge in [-0.25, -0.2) is 0 Å². The lowest BCUT2D eigenvalue weighted by molar-refractivity contribution is -0.120. The first-order valence-corrected chi connectivity index (χ1v) is 9.01. The van der Waals surface area contributed by atoms with Crippen LogP contribution in [0.1, 0.15) is 32.3 Å². The molecule has 24 heavy (non-hydrogen) atoms. The summed E-state index contributed by atoms with van der Waals surface area (Å²) in [5.41, 5.74) is 0.897. The highest BCUT2D eigenvalue weighted by molar-refractivity contribution is 9.10. The Balaban J connectivity index is 0.00000288. The molecule has 0 spiro atoms. The first-order valence-electron chi connectivity index (χ1n) is 8.22. The van der Waals surface area contributed by atoms with E-state index in [0.717, 1.165) is 23.0 Å². The Hall–Kier alpha value is -0.980. The molecule has 0 saturated carbocycles. The first-order chi connectivity index (χ1) is 11.1. The van der Waals surface area contributed by atoms with Crippen LogP contribution < -0.4 is 20.1 Å². The number of amides is 1. The molecule has 1 atom stereocenters. The average Bonchev–Trinajstić information content (AvgIpc) is 3.03. The summed E-state index contributed by atoms with van der Waals surface area (Å²) in [6.07, 6.45) is 2.63. The monoisotopic (exact) mass is 420 g/mol. The maximum Gasteiger partial charge on any atom is 0.224 e. The molecular weight excluding hydrogens is 396 g/mol. The molecule has 1 saturated heterocycles. The molecule has 0 radical (unpaired) electrons. The summed E-state index contributed by atoms with van der Waals surface area (Å²) in [4.78, 5) is 12.2. The van der Waals surface area contributed by atoms with Gasteiger partial charge in [-0.15, -0.1) is 12.4 Å². The summed E-state index contributed by atoms with van der Waals surface area (Å²) < 4.78 is 12.1. The quantitative estimate of drug-likeness (QED) is 0.677. The van der Waals surface area contributed by atoms with Gasteiger partial charge in [0, 0.05) is 17.1 Å². The fourth-order valence-corrected chi connectivity index (χ4v) is 3.12. The third kappa shape index (κ3) is 6.15. The van der Waals surface area contributed by atoms with Crippen molar-refractivity contribution in [3.8, 4) is 11.5 Å². The molecule has 1 amide bonds. The fraction of sp³-hybridized carbons (Fsp3) is 0.588. The zero-order valence-corrected chi connectivity index (χ0v) is 16.6. The molecule has 2 rings (SSSR count). The van der Waals surface area contributed by atoms with Gasteiger partial charge in [-0.2, -0.15) is 0 Å². The van der Waals surface area contributed by atoms with Crippen LogP contribution >= 0.6 is 28.3 Å². The largest absolute Gasteiger partial charge is 0.490 e. The lowest BCUT2D eigenvalue weighted by Crippen LogP contribution is -2.37. The average molecular weight is 422 g/mol. The van der Waals surface area contributed by atoms with Crippen LogP contribution in [-0.4, -0.2) is 38.3 Å². The lowest BCUT2D eigenvalue weighted by Gasteiger charge is -2.15. The summed E-state index contributed by atoms with van der Waals surface area (Å²) in [5.74, 6) is 1.39. The third-order valence-corrected chi connectivity index (χ3v) is 4.51. The van der Waals surface area contributed by atoms with E-state index in [2.05, 4.69) is 26.6 Å². The normalized spacial score (nSPS) is 16.4. The van der Waals surface area contributed by atoms with Gasteiger partial charge >= 0.3 is 0 Å². The number of benzene rings is 1. The molecule has 1 aromatic carbocycles. The molecule has 7 heteroatoms. The SMILES string of the molecule is CCOc1cc(Br)c(CC(=O)NCC2CCCN2)cc1OCC.Cl. The standard InChI is InChI=1S/C17H25BrN2O3.ClH/c1-3-22-15-8-12(14(18)10-16(15)23-4-2)9-17(21)20-11-13-6-5-7-19-13;/h8,10,13,19H,3-7,9,11H2,1-2H3,(H,20,21);1H. The van der Waals surface area contributed by atoms with Crippen LogP contribution in [0, 0.1) is 0 Å². The third-order valence-electron chi connectivity index (χ3n) is 3.77. The van der Waals surface area contributed by atoms with E-state index in [9.17, 15) is 4.79 Å². The van der Waals surface area contributed by atoms with E-state index in [-0.39, 0.29) is 18.3 Å². The van der Waals surface area contributed by atoms with E-state index in [1.54, 1.807) is 0 Å². The smallest absolute Gasteiger partial charge is 0.224 e. The molecule has 1 aliphatic rings. The molecule has 0 aliphatic carbocycles. The van der Waals surface area contributed by atoms with Crippen molar-refractivity contribution in [2.24, 2.45) is 0 Å². The van der Waals surface area contributed by atoms with Crippen molar-refractivity contribution in [2.75, 3.05) is 26.3 Å². The van der Waals surface area contributed by atoms with Gasteiger partial charge in [0.15, 0.2) is 11.5 Å². The highest BCUT2D eigenvalue weighted by atomic mass is 79.9. The van der Waals surface area contributed by atoms with E-state index < -0.39 is 0 Å². The summed E-state index contributed by atoms with van der Waals surface area (Å²) in [7, 11) is 0. The Morgan fingerprint density at radius 1 is 1.29 bits per heavy atom. The van der Waals surface area contributed by atoms with Gasteiger partial charge in [-0.3, -0.25) is 4.79 Å². The summed E-state index contributed by atoms with van der Waals surface area (Å²) in [6, 6.07) is 4.16. The molecule has 1 aromatic rings. The van der Waals surface area contributed by atoms with Gasteiger partial charge in [0.05, 0.1) is 19.6 Å². The fourth-order valence-electron chi connectivity index (χ4n) is 2.65. The predicted molar refractivity (Wildman–Crippen MR) is 101 cm³/mol. The number of hydrogen-bond acceptors (Lipinski definition) is 4. The Labute approximate surface area is 158 Å². The number of halogens is 2. The second-order valence-electron chi connectivity index (χ2n) is 5.53. The highest BCUT2D eigenvalue weighted by Crippen LogP contribution is 2.34. The maximum absolute atomic E-state index is 12.2. The topological polar surface area (TPSA) is 59.6 Å². The predicted octanol–water partition coefficient (Wildman–Crippen LogP) is 3.08. The van der Waals surface area contributed by atoms with Crippen molar-refractivity contribution in [2.45, 2.75) is 39.2 Å². The molecule has 1 unspecified atom stereocenters.